The van der Waals surface area contributed by atoms with Crippen LogP contribution in [0.4, 0.5) is 14.5 Å². The van der Waals surface area contributed by atoms with E-state index in [1.807, 2.05) is 0 Å². The molecule has 0 spiro atoms. The topological polar surface area (TPSA) is 52.2 Å². The molecule has 0 radical (unpaired) electrons. The summed E-state index contributed by atoms with van der Waals surface area (Å²) in [6.45, 7) is 0. The lowest BCUT2D eigenvalue weighted by atomic mass is 9.91. The van der Waals surface area contributed by atoms with Gasteiger partial charge in [0.05, 0.1) is 0 Å². The molecule has 0 saturated carbocycles. The highest BCUT2D eigenvalue weighted by atomic mass is 35.5. The van der Waals surface area contributed by atoms with Gasteiger partial charge < -0.3 is 9.27 Å². The molecule has 0 heterocycles. The number of allylic oxidation sites excluding steroid dienone is 4. The second-order valence-electron chi connectivity index (χ2n) is 4.03. The van der Waals surface area contributed by atoms with Gasteiger partial charge in [-0.25, -0.2) is 8.78 Å². The van der Waals surface area contributed by atoms with Gasteiger partial charge in [0.2, 0.25) is 0 Å². The Labute approximate surface area is 116 Å². The van der Waals surface area contributed by atoms with Crippen molar-refractivity contribution in [1.82, 2.24) is 0 Å². The third-order valence-corrected chi connectivity index (χ3v) is 3.40. The molecule has 0 aromatic heterocycles. The summed E-state index contributed by atoms with van der Waals surface area (Å²) in [5.41, 5.74) is 0.834. The number of benzene rings is 1. The molecule has 2 unspecified atom stereocenters. The fraction of sp³-hybridized carbons (Fsp3) is 0.167. The zero-order chi connectivity index (χ0) is 14.0. The van der Waals surface area contributed by atoms with E-state index in [1.54, 1.807) is 6.07 Å². The van der Waals surface area contributed by atoms with Crippen LogP contribution in [-0.4, -0.2) is 8.76 Å². The number of anilines is 1. The molecule has 19 heavy (non-hydrogen) atoms. The first-order chi connectivity index (χ1) is 8.95. The van der Waals surface area contributed by atoms with Gasteiger partial charge in [0, 0.05) is 40.4 Å². The smallest absolute Gasteiger partial charge is 0.122 e. The molecule has 0 fully saturated rings. The van der Waals surface area contributed by atoms with Crippen molar-refractivity contribution in [3.05, 3.63) is 52.6 Å². The SMILES string of the molecule is O=S([O-])Nc1ccc(C2C=C(F)C=C(F)C2)c(Cl)c1. The molecule has 1 aromatic carbocycles. The molecule has 0 amide bonds. The van der Waals surface area contributed by atoms with E-state index in [4.69, 9.17) is 11.6 Å². The van der Waals surface area contributed by atoms with Gasteiger partial charge in [-0.05, 0) is 23.8 Å². The number of nitrogens with one attached hydrogen (secondary N) is 1. The quantitative estimate of drug-likeness (QED) is 0.865. The lowest BCUT2D eigenvalue weighted by molar-refractivity contribution is 0.536. The molecule has 1 N–H and O–H groups in total. The molecule has 1 aromatic rings. The van der Waals surface area contributed by atoms with Crippen molar-refractivity contribution in [3.63, 3.8) is 0 Å². The van der Waals surface area contributed by atoms with Gasteiger partial charge in [0.25, 0.3) is 0 Å². The lowest BCUT2D eigenvalue weighted by Gasteiger charge is -2.18. The van der Waals surface area contributed by atoms with E-state index in [-0.39, 0.29) is 11.4 Å². The Bertz CT molecular complexity index is 589. The molecule has 1 aliphatic carbocycles. The Morgan fingerprint density at radius 3 is 2.74 bits per heavy atom. The fourth-order valence-corrected chi connectivity index (χ4v) is 2.55. The van der Waals surface area contributed by atoms with E-state index in [2.05, 4.69) is 4.72 Å². The van der Waals surface area contributed by atoms with Crippen LogP contribution in [0.5, 0.6) is 0 Å². The Kier molecular flexibility index (Phi) is 4.34. The highest BCUT2D eigenvalue weighted by Crippen LogP contribution is 2.36. The molecular weight excluding hydrogens is 296 g/mol. The maximum absolute atomic E-state index is 13.2. The Balaban J connectivity index is 2.27. The second kappa shape index (κ2) is 5.81. The first-order valence-corrected chi connectivity index (χ1v) is 6.80. The maximum Gasteiger partial charge on any atom is 0.122 e. The minimum absolute atomic E-state index is 0.0351. The van der Waals surface area contributed by atoms with Crippen molar-refractivity contribution in [1.29, 1.82) is 0 Å². The molecule has 102 valence electrons. The minimum Gasteiger partial charge on any atom is -0.755 e. The van der Waals surface area contributed by atoms with Crippen LogP contribution in [0.2, 0.25) is 5.02 Å². The molecule has 1 aliphatic rings. The predicted octanol–water partition coefficient (Wildman–Crippen LogP) is 3.74. The molecule has 3 nitrogen and oxygen atoms in total. The van der Waals surface area contributed by atoms with Crippen molar-refractivity contribution in [3.8, 4) is 0 Å². The number of rotatable bonds is 3. The normalized spacial score (nSPS) is 20.5. The predicted molar refractivity (Wildman–Crippen MR) is 69.7 cm³/mol. The summed E-state index contributed by atoms with van der Waals surface area (Å²) >= 11 is 3.56. The van der Waals surface area contributed by atoms with Gasteiger partial charge in [-0.2, -0.15) is 0 Å². The summed E-state index contributed by atoms with van der Waals surface area (Å²) in [7, 11) is 0. The van der Waals surface area contributed by atoms with E-state index in [9.17, 15) is 17.5 Å². The van der Waals surface area contributed by atoms with Crippen LogP contribution in [0.15, 0.2) is 42.0 Å². The lowest BCUT2D eigenvalue weighted by Crippen LogP contribution is -2.04. The van der Waals surface area contributed by atoms with Gasteiger partial charge >= 0.3 is 0 Å². The van der Waals surface area contributed by atoms with Crippen LogP contribution in [0, 0.1) is 0 Å². The van der Waals surface area contributed by atoms with Crippen LogP contribution >= 0.6 is 11.6 Å². The fourth-order valence-electron chi connectivity index (χ4n) is 1.91. The number of hydrogen-bond acceptors (Lipinski definition) is 2. The monoisotopic (exact) mass is 304 g/mol. The standard InChI is InChI=1S/C12H10ClF2NO2S/c13-12-6-10(16-19(17)18)1-2-11(12)7-3-8(14)5-9(15)4-7/h1-3,5-7,16H,4H2,(H,17,18)/p-1. The van der Waals surface area contributed by atoms with Crippen LogP contribution in [-0.2, 0) is 11.3 Å². The number of halogens is 3. The number of hydrogen-bond donors (Lipinski definition) is 1. The largest absolute Gasteiger partial charge is 0.755 e. The third kappa shape index (κ3) is 3.62. The molecule has 7 heteroatoms. The zero-order valence-electron chi connectivity index (χ0n) is 9.53. The van der Waals surface area contributed by atoms with E-state index >= 15 is 0 Å². The van der Waals surface area contributed by atoms with Crippen LogP contribution in [0.1, 0.15) is 17.9 Å². The molecule has 0 saturated heterocycles. The molecule has 0 aliphatic heterocycles. The van der Waals surface area contributed by atoms with Crippen LogP contribution in [0.25, 0.3) is 0 Å². The average molecular weight is 305 g/mol. The molecule has 0 bridgehead atoms. The van der Waals surface area contributed by atoms with Gasteiger partial charge in [0.1, 0.15) is 11.7 Å². The van der Waals surface area contributed by atoms with E-state index in [0.29, 0.717) is 11.3 Å². The minimum atomic E-state index is -2.45. The summed E-state index contributed by atoms with van der Waals surface area (Å²) in [6, 6.07) is 4.43. The molecule has 2 atom stereocenters. The molecular formula is C12H9ClF2NO2S-. The van der Waals surface area contributed by atoms with Crippen molar-refractivity contribution in [2.24, 2.45) is 0 Å². The van der Waals surface area contributed by atoms with Crippen LogP contribution < -0.4 is 4.72 Å². The van der Waals surface area contributed by atoms with Gasteiger partial charge in [-0.1, -0.05) is 17.7 Å². The van der Waals surface area contributed by atoms with Gasteiger partial charge in [-0.15, -0.1) is 0 Å². The van der Waals surface area contributed by atoms with Crippen molar-refractivity contribution >= 4 is 28.6 Å². The average Bonchev–Trinajstić information content (AvgIpc) is 2.26. The van der Waals surface area contributed by atoms with Crippen LogP contribution in [0.3, 0.4) is 0 Å². The van der Waals surface area contributed by atoms with Gasteiger partial charge in [-0.3, -0.25) is 4.21 Å². The Morgan fingerprint density at radius 2 is 2.16 bits per heavy atom. The van der Waals surface area contributed by atoms with Crippen molar-refractivity contribution < 1.29 is 17.5 Å². The molecule has 2 rings (SSSR count). The van der Waals surface area contributed by atoms with Crippen molar-refractivity contribution in [2.75, 3.05) is 4.72 Å². The maximum atomic E-state index is 13.2. The first-order valence-electron chi connectivity index (χ1n) is 5.34. The van der Waals surface area contributed by atoms with E-state index in [1.165, 1.54) is 18.2 Å². The third-order valence-electron chi connectivity index (χ3n) is 2.67. The highest BCUT2D eigenvalue weighted by Gasteiger charge is 2.19. The van der Waals surface area contributed by atoms with Crippen molar-refractivity contribution in [2.45, 2.75) is 12.3 Å². The Morgan fingerprint density at radius 1 is 1.42 bits per heavy atom. The second-order valence-corrected chi connectivity index (χ2v) is 5.11. The van der Waals surface area contributed by atoms with Gasteiger partial charge in [0.15, 0.2) is 0 Å². The summed E-state index contributed by atoms with van der Waals surface area (Å²) in [5, 5.41) is 0.249. The van der Waals surface area contributed by atoms with E-state index < -0.39 is 28.8 Å². The summed E-state index contributed by atoms with van der Waals surface area (Å²) in [4.78, 5) is 0. The summed E-state index contributed by atoms with van der Waals surface area (Å²) in [6.07, 6.45) is 2.15. The highest BCUT2D eigenvalue weighted by molar-refractivity contribution is 7.80. The summed E-state index contributed by atoms with van der Waals surface area (Å²) < 4.78 is 49.5. The zero-order valence-corrected chi connectivity index (χ0v) is 11.1. The van der Waals surface area contributed by atoms with E-state index in [0.717, 1.165) is 6.08 Å². The summed E-state index contributed by atoms with van der Waals surface area (Å²) in [5.74, 6) is -1.69. The first kappa shape index (κ1) is 14.2. The Hall–Kier alpha value is -1.24.